The van der Waals surface area contributed by atoms with Crippen molar-refractivity contribution in [3.8, 4) is 0 Å². The van der Waals surface area contributed by atoms with E-state index in [1.165, 1.54) is 12.8 Å². The minimum absolute atomic E-state index is 0.0752. The summed E-state index contributed by atoms with van der Waals surface area (Å²) in [5.74, 6) is 1.24. The van der Waals surface area contributed by atoms with Crippen molar-refractivity contribution in [2.75, 3.05) is 0 Å². The van der Waals surface area contributed by atoms with Crippen LogP contribution in [0.5, 0.6) is 0 Å². The van der Waals surface area contributed by atoms with Gasteiger partial charge in [-0.15, -0.1) is 0 Å². The van der Waals surface area contributed by atoms with Crippen LogP contribution in [0.2, 0.25) is 0 Å². The number of hydrogen-bond acceptors (Lipinski definition) is 1. The maximum absolute atomic E-state index is 9.63. The van der Waals surface area contributed by atoms with Crippen molar-refractivity contribution in [1.29, 1.82) is 0 Å². The van der Waals surface area contributed by atoms with E-state index in [1.807, 2.05) is 0 Å². The molecule has 0 saturated carbocycles. The summed E-state index contributed by atoms with van der Waals surface area (Å²) in [5, 5.41) is 9.63. The fourth-order valence-electron chi connectivity index (χ4n) is 1.29. The van der Waals surface area contributed by atoms with E-state index < -0.39 is 0 Å². The van der Waals surface area contributed by atoms with Gasteiger partial charge in [0.25, 0.3) is 0 Å². The highest BCUT2D eigenvalue weighted by Crippen LogP contribution is 2.15. The van der Waals surface area contributed by atoms with Crippen molar-refractivity contribution in [3.05, 3.63) is 0 Å². The van der Waals surface area contributed by atoms with Gasteiger partial charge in [0.2, 0.25) is 0 Å². The van der Waals surface area contributed by atoms with Crippen LogP contribution in [0, 0.1) is 11.8 Å². The second-order valence-electron chi connectivity index (χ2n) is 4.28. The van der Waals surface area contributed by atoms with Crippen LogP contribution in [-0.2, 0) is 0 Å². The van der Waals surface area contributed by atoms with E-state index in [1.54, 1.807) is 0 Å². The van der Waals surface area contributed by atoms with Gasteiger partial charge >= 0.3 is 0 Å². The lowest BCUT2D eigenvalue weighted by molar-refractivity contribution is 0.102. The van der Waals surface area contributed by atoms with Gasteiger partial charge in [-0.3, -0.25) is 0 Å². The summed E-state index contributed by atoms with van der Waals surface area (Å²) >= 11 is 0. The van der Waals surface area contributed by atoms with Crippen molar-refractivity contribution >= 4 is 0 Å². The Morgan fingerprint density at radius 3 is 2.08 bits per heavy atom. The molecule has 0 aliphatic carbocycles. The molecule has 74 valence electrons. The van der Waals surface area contributed by atoms with Gasteiger partial charge in [0.1, 0.15) is 0 Å². The molecular formula is C11H24O. The third kappa shape index (κ3) is 5.59. The van der Waals surface area contributed by atoms with E-state index in [0.29, 0.717) is 5.92 Å². The highest BCUT2D eigenvalue weighted by molar-refractivity contribution is 4.63. The average molecular weight is 172 g/mol. The van der Waals surface area contributed by atoms with Crippen LogP contribution in [0.3, 0.4) is 0 Å². The molecule has 0 aromatic carbocycles. The summed E-state index contributed by atoms with van der Waals surface area (Å²) in [4.78, 5) is 0. The predicted molar refractivity (Wildman–Crippen MR) is 54.2 cm³/mol. The summed E-state index contributed by atoms with van der Waals surface area (Å²) in [6, 6.07) is 0. The quantitative estimate of drug-likeness (QED) is 0.652. The van der Waals surface area contributed by atoms with Crippen LogP contribution in [0.4, 0.5) is 0 Å². The second kappa shape index (κ2) is 6.47. The number of hydrogen-bond donors (Lipinski definition) is 1. The van der Waals surface area contributed by atoms with Crippen molar-refractivity contribution in [2.45, 2.75) is 59.5 Å². The molecule has 1 N–H and O–H groups in total. The first-order valence-corrected chi connectivity index (χ1v) is 5.26. The minimum Gasteiger partial charge on any atom is -0.393 e. The second-order valence-corrected chi connectivity index (χ2v) is 4.28. The van der Waals surface area contributed by atoms with Gasteiger partial charge in [-0.25, -0.2) is 0 Å². The van der Waals surface area contributed by atoms with E-state index in [-0.39, 0.29) is 6.10 Å². The summed E-state index contributed by atoms with van der Waals surface area (Å²) in [6.45, 7) is 8.72. The molecule has 0 aliphatic heterocycles. The van der Waals surface area contributed by atoms with Crippen molar-refractivity contribution in [3.63, 3.8) is 0 Å². The Labute approximate surface area is 77.2 Å². The number of rotatable bonds is 6. The largest absolute Gasteiger partial charge is 0.393 e. The molecule has 2 atom stereocenters. The third-order valence-electron chi connectivity index (χ3n) is 2.58. The molecule has 1 nitrogen and oxygen atoms in total. The van der Waals surface area contributed by atoms with E-state index in [2.05, 4.69) is 27.7 Å². The highest BCUT2D eigenvalue weighted by Gasteiger charge is 2.11. The summed E-state index contributed by atoms with van der Waals surface area (Å²) in [7, 11) is 0. The van der Waals surface area contributed by atoms with Gasteiger partial charge < -0.3 is 5.11 Å². The molecule has 0 rings (SSSR count). The Morgan fingerprint density at radius 1 is 1.08 bits per heavy atom. The summed E-state index contributed by atoms with van der Waals surface area (Å²) < 4.78 is 0. The molecule has 0 bridgehead atoms. The smallest absolute Gasteiger partial charge is 0.0565 e. The number of aliphatic hydroxyl groups excluding tert-OH is 1. The van der Waals surface area contributed by atoms with Crippen LogP contribution in [0.15, 0.2) is 0 Å². The Hall–Kier alpha value is -0.0400. The van der Waals surface area contributed by atoms with E-state index in [0.717, 1.165) is 18.8 Å². The summed E-state index contributed by atoms with van der Waals surface area (Å²) in [6.07, 6.45) is 4.40. The SMILES string of the molecule is CCC(C)C(O)CCCC(C)C. The zero-order valence-electron chi connectivity index (χ0n) is 9.01. The molecule has 0 aromatic rings. The van der Waals surface area contributed by atoms with Crippen LogP contribution in [0.25, 0.3) is 0 Å². The molecule has 0 amide bonds. The first-order valence-electron chi connectivity index (χ1n) is 5.26. The van der Waals surface area contributed by atoms with Gasteiger partial charge in [0, 0.05) is 0 Å². The standard InChI is InChI=1S/C11H24O/c1-5-10(4)11(12)8-6-7-9(2)3/h9-12H,5-8H2,1-4H3. The molecule has 0 radical (unpaired) electrons. The van der Waals surface area contributed by atoms with Crippen LogP contribution in [-0.4, -0.2) is 11.2 Å². The van der Waals surface area contributed by atoms with Crippen molar-refractivity contribution in [2.24, 2.45) is 11.8 Å². The Kier molecular flexibility index (Phi) is 6.45. The zero-order chi connectivity index (χ0) is 9.56. The molecule has 12 heavy (non-hydrogen) atoms. The van der Waals surface area contributed by atoms with E-state index in [9.17, 15) is 5.11 Å². The Morgan fingerprint density at radius 2 is 1.67 bits per heavy atom. The molecule has 0 fully saturated rings. The fraction of sp³-hybridized carbons (Fsp3) is 1.00. The maximum atomic E-state index is 9.63. The molecule has 0 aliphatic rings. The third-order valence-corrected chi connectivity index (χ3v) is 2.58. The fourth-order valence-corrected chi connectivity index (χ4v) is 1.29. The zero-order valence-corrected chi connectivity index (χ0v) is 9.01. The molecule has 0 saturated heterocycles. The topological polar surface area (TPSA) is 20.2 Å². The molecule has 0 heterocycles. The number of aliphatic hydroxyl groups is 1. The Balaban J connectivity index is 3.37. The lowest BCUT2D eigenvalue weighted by Gasteiger charge is -2.17. The van der Waals surface area contributed by atoms with E-state index in [4.69, 9.17) is 0 Å². The van der Waals surface area contributed by atoms with Crippen LogP contribution in [0.1, 0.15) is 53.4 Å². The normalized spacial score (nSPS) is 16.5. The highest BCUT2D eigenvalue weighted by atomic mass is 16.3. The minimum atomic E-state index is -0.0752. The Bertz CT molecular complexity index is 99.2. The first kappa shape index (κ1) is 12.0. The van der Waals surface area contributed by atoms with Gasteiger partial charge in [0.05, 0.1) is 6.10 Å². The van der Waals surface area contributed by atoms with Gasteiger partial charge in [0.15, 0.2) is 0 Å². The lowest BCUT2D eigenvalue weighted by atomic mass is 9.95. The van der Waals surface area contributed by atoms with Crippen LogP contribution >= 0.6 is 0 Å². The monoisotopic (exact) mass is 172 g/mol. The lowest BCUT2D eigenvalue weighted by Crippen LogP contribution is -2.16. The molecule has 0 spiro atoms. The maximum Gasteiger partial charge on any atom is 0.0565 e. The first-order chi connectivity index (χ1) is 5.57. The van der Waals surface area contributed by atoms with Crippen molar-refractivity contribution in [1.82, 2.24) is 0 Å². The molecular weight excluding hydrogens is 148 g/mol. The van der Waals surface area contributed by atoms with Crippen LogP contribution < -0.4 is 0 Å². The van der Waals surface area contributed by atoms with Gasteiger partial charge in [-0.1, -0.05) is 47.0 Å². The molecule has 2 unspecified atom stereocenters. The summed E-state index contributed by atoms with van der Waals surface area (Å²) in [5.41, 5.74) is 0. The molecule has 0 aromatic heterocycles. The van der Waals surface area contributed by atoms with Gasteiger partial charge in [-0.2, -0.15) is 0 Å². The van der Waals surface area contributed by atoms with Gasteiger partial charge in [-0.05, 0) is 18.3 Å². The average Bonchev–Trinajstić information content (AvgIpc) is 2.02. The van der Waals surface area contributed by atoms with Crippen molar-refractivity contribution < 1.29 is 5.11 Å². The predicted octanol–water partition coefficient (Wildman–Crippen LogP) is 3.22. The van der Waals surface area contributed by atoms with E-state index >= 15 is 0 Å². The molecule has 1 heteroatoms.